The maximum atomic E-state index is 13.3. The van der Waals surface area contributed by atoms with Gasteiger partial charge in [-0.1, -0.05) is 51.1 Å². The molecule has 1 aliphatic heterocycles. The molecule has 0 N–H and O–H groups in total. The SMILES string of the molecule is CCN(CC(=O)N1CCn2cccc2C1c1ccccc1)C(=O)CC(C)(C)C. The third-order valence-corrected chi connectivity index (χ3v) is 5.22. The first-order valence-electron chi connectivity index (χ1n) is 10.1. The van der Waals surface area contributed by atoms with Gasteiger partial charge in [0.1, 0.15) is 0 Å². The number of amides is 2. The molecule has 0 saturated carbocycles. The zero-order valence-corrected chi connectivity index (χ0v) is 17.4. The largest absolute Gasteiger partial charge is 0.348 e. The zero-order chi connectivity index (χ0) is 20.3. The monoisotopic (exact) mass is 381 g/mol. The Balaban J connectivity index is 1.82. The van der Waals surface area contributed by atoms with E-state index in [0.29, 0.717) is 19.5 Å². The number of aromatic nitrogens is 1. The molecule has 0 aliphatic carbocycles. The number of nitrogens with zero attached hydrogens (tertiary/aromatic N) is 3. The van der Waals surface area contributed by atoms with Gasteiger partial charge in [-0.25, -0.2) is 0 Å². The van der Waals surface area contributed by atoms with Gasteiger partial charge in [-0.15, -0.1) is 0 Å². The molecular weight excluding hydrogens is 350 g/mol. The molecule has 1 atom stereocenters. The second kappa shape index (κ2) is 8.21. The summed E-state index contributed by atoms with van der Waals surface area (Å²) in [6.07, 6.45) is 2.51. The Morgan fingerprint density at radius 1 is 1.07 bits per heavy atom. The Labute approximate surface area is 167 Å². The maximum absolute atomic E-state index is 13.3. The summed E-state index contributed by atoms with van der Waals surface area (Å²) >= 11 is 0. The van der Waals surface area contributed by atoms with Gasteiger partial charge in [0.25, 0.3) is 0 Å². The molecule has 1 aromatic heterocycles. The molecule has 0 fully saturated rings. The highest BCUT2D eigenvalue weighted by Gasteiger charge is 2.33. The predicted octanol–water partition coefficient (Wildman–Crippen LogP) is 3.70. The van der Waals surface area contributed by atoms with E-state index in [9.17, 15) is 9.59 Å². The van der Waals surface area contributed by atoms with Crippen LogP contribution in [0, 0.1) is 5.41 Å². The van der Waals surface area contributed by atoms with Crippen molar-refractivity contribution in [1.82, 2.24) is 14.4 Å². The van der Waals surface area contributed by atoms with E-state index in [0.717, 1.165) is 17.8 Å². The highest BCUT2D eigenvalue weighted by atomic mass is 16.2. The van der Waals surface area contributed by atoms with Crippen LogP contribution in [-0.2, 0) is 16.1 Å². The van der Waals surface area contributed by atoms with E-state index >= 15 is 0 Å². The number of fused-ring (bicyclic) bond motifs is 1. The van der Waals surface area contributed by atoms with Crippen molar-refractivity contribution < 1.29 is 9.59 Å². The minimum atomic E-state index is -0.117. The Hall–Kier alpha value is -2.56. The highest BCUT2D eigenvalue weighted by Crippen LogP contribution is 2.32. The van der Waals surface area contributed by atoms with Crippen molar-refractivity contribution in [2.45, 2.75) is 46.7 Å². The van der Waals surface area contributed by atoms with E-state index in [1.165, 1.54) is 0 Å². The number of rotatable bonds is 5. The van der Waals surface area contributed by atoms with Crippen molar-refractivity contribution in [2.24, 2.45) is 5.41 Å². The van der Waals surface area contributed by atoms with E-state index in [-0.39, 0.29) is 29.8 Å². The molecule has 5 heteroatoms. The first-order chi connectivity index (χ1) is 13.3. The Morgan fingerprint density at radius 2 is 1.79 bits per heavy atom. The van der Waals surface area contributed by atoms with Crippen LogP contribution in [0.4, 0.5) is 0 Å². The second-order valence-corrected chi connectivity index (χ2v) is 8.67. The van der Waals surface area contributed by atoms with E-state index < -0.39 is 0 Å². The molecular formula is C23H31N3O2. The zero-order valence-electron chi connectivity index (χ0n) is 17.4. The van der Waals surface area contributed by atoms with Crippen LogP contribution in [0.15, 0.2) is 48.7 Å². The molecule has 1 aliphatic rings. The molecule has 2 aromatic rings. The van der Waals surface area contributed by atoms with Crippen molar-refractivity contribution in [3.05, 3.63) is 59.9 Å². The van der Waals surface area contributed by atoms with Gasteiger partial charge in [0.2, 0.25) is 11.8 Å². The van der Waals surface area contributed by atoms with Crippen LogP contribution in [0.5, 0.6) is 0 Å². The Bertz CT molecular complexity index is 820. The van der Waals surface area contributed by atoms with Crippen LogP contribution < -0.4 is 0 Å². The number of hydrogen-bond donors (Lipinski definition) is 0. The Kier molecular flexibility index (Phi) is 5.92. The minimum absolute atomic E-state index is 0.00501. The van der Waals surface area contributed by atoms with Gasteiger partial charge in [0.15, 0.2) is 0 Å². The second-order valence-electron chi connectivity index (χ2n) is 8.67. The smallest absolute Gasteiger partial charge is 0.243 e. The summed E-state index contributed by atoms with van der Waals surface area (Å²) in [4.78, 5) is 29.6. The number of likely N-dealkylation sites (N-methyl/N-ethyl adjacent to an activating group) is 1. The van der Waals surface area contributed by atoms with Crippen LogP contribution in [0.2, 0.25) is 0 Å². The summed E-state index contributed by atoms with van der Waals surface area (Å²) < 4.78 is 2.21. The van der Waals surface area contributed by atoms with Crippen molar-refractivity contribution >= 4 is 11.8 Å². The Morgan fingerprint density at radius 3 is 2.43 bits per heavy atom. The average molecular weight is 382 g/mol. The van der Waals surface area contributed by atoms with Gasteiger partial charge >= 0.3 is 0 Å². The lowest BCUT2D eigenvalue weighted by molar-refractivity contribution is -0.142. The normalized spacial score (nSPS) is 16.6. The topological polar surface area (TPSA) is 45.6 Å². The van der Waals surface area contributed by atoms with Gasteiger partial charge in [0.05, 0.1) is 12.6 Å². The summed E-state index contributed by atoms with van der Waals surface area (Å²) in [7, 11) is 0. The first kappa shape index (κ1) is 20.2. The van der Waals surface area contributed by atoms with E-state index in [4.69, 9.17) is 0 Å². The summed E-state index contributed by atoms with van der Waals surface area (Å²) in [6.45, 7) is 10.2. The van der Waals surface area contributed by atoms with Crippen LogP contribution in [0.1, 0.15) is 51.4 Å². The fourth-order valence-corrected chi connectivity index (χ4v) is 3.83. The van der Waals surface area contributed by atoms with E-state index in [1.54, 1.807) is 4.90 Å². The molecule has 0 bridgehead atoms. The summed E-state index contributed by atoms with van der Waals surface area (Å²) in [5.74, 6) is 0.0467. The molecule has 28 heavy (non-hydrogen) atoms. The highest BCUT2D eigenvalue weighted by molar-refractivity contribution is 5.85. The quantitative estimate of drug-likeness (QED) is 0.793. The molecule has 5 nitrogen and oxygen atoms in total. The molecule has 2 heterocycles. The number of carbonyl (C=O) groups is 2. The fourth-order valence-electron chi connectivity index (χ4n) is 3.83. The number of benzene rings is 1. The third kappa shape index (κ3) is 4.46. The fraction of sp³-hybridized carbons (Fsp3) is 0.478. The molecule has 0 spiro atoms. The molecule has 3 rings (SSSR count). The van der Waals surface area contributed by atoms with Gasteiger partial charge in [-0.05, 0) is 30.0 Å². The third-order valence-electron chi connectivity index (χ3n) is 5.22. The molecule has 0 radical (unpaired) electrons. The lowest BCUT2D eigenvalue weighted by atomic mass is 9.91. The van der Waals surface area contributed by atoms with E-state index in [1.807, 2.05) is 56.9 Å². The van der Waals surface area contributed by atoms with Crippen LogP contribution in [0.3, 0.4) is 0 Å². The maximum Gasteiger partial charge on any atom is 0.243 e. The van der Waals surface area contributed by atoms with Gasteiger partial charge in [-0.2, -0.15) is 0 Å². The van der Waals surface area contributed by atoms with Crippen molar-refractivity contribution in [3.8, 4) is 0 Å². The van der Waals surface area contributed by atoms with E-state index in [2.05, 4.69) is 29.0 Å². The van der Waals surface area contributed by atoms with Crippen LogP contribution in [0.25, 0.3) is 0 Å². The van der Waals surface area contributed by atoms with Crippen LogP contribution in [-0.4, -0.2) is 45.8 Å². The number of carbonyl (C=O) groups excluding carboxylic acids is 2. The first-order valence-corrected chi connectivity index (χ1v) is 10.1. The summed E-state index contributed by atoms with van der Waals surface area (Å²) in [5.41, 5.74) is 2.13. The lowest BCUT2D eigenvalue weighted by Crippen LogP contribution is -2.48. The summed E-state index contributed by atoms with van der Waals surface area (Å²) in [5, 5.41) is 0. The summed E-state index contributed by atoms with van der Waals surface area (Å²) in [6, 6.07) is 14.1. The van der Waals surface area contributed by atoms with Gasteiger partial charge in [0, 0.05) is 37.9 Å². The van der Waals surface area contributed by atoms with Crippen molar-refractivity contribution in [3.63, 3.8) is 0 Å². The number of hydrogen-bond acceptors (Lipinski definition) is 2. The molecule has 0 saturated heterocycles. The standard InChI is InChI=1S/C23H31N3O2/c1-5-24(20(27)16-23(2,3)4)17-21(28)26-15-14-25-13-9-12-19(25)22(26)18-10-7-6-8-11-18/h6-13,22H,5,14-17H2,1-4H3. The average Bonchev–Trinajstić information content (AvgIpc) is 3.13. The minimum Gasteiger partial charge on any atom is -0.348 e. The predicted molar refractivity (Wildman–Crippen MR) is 111 cm³/mol. The van der Waals surface area contributed by atoms with Crippen molar-refractivity contribution in [1.29, 1.82) is 0 Å². The van der Waals surface area contributed by atoms with Crippen LogP contribution >= 0.6 is 0 Å². The molecule has 1 aromatic carbocycles. The lowest BCUT2D eigenvalue weighted by Gasteiger charge is -2.38. The van der Waals surface area contributed by atoms with Crippen molar-refractivity contribution in [2.75, 3.05) is 19.6 Å². The van der Waals surface area contributed by atoms with Gasteiger partial charge in [-0.3, -0.25) is 9.59 Å². The molecule has 1 unspecified atom stereocenters. The van der Waals surface area contributed by atoms with Gasteiger partial charge < -0.3 is 14.4 Å². The molecule has 2 amide bonds. The molecule has 150 valence electrons.